The molecule has 0 aliphatic carbocycles. The van der Waals surface area contributed by atoms with Crippen molar-refractivity contribution in [1.29, 1.82) is 0 Å². The van der Waals surface area contributed by atoms with Gasteiger partial charge in [-0.15, -0.1) is 0 Å². The van der Waals surface area contributed by atoms with Crippen LogP contribution in [0.15, 0.2) is 24.3 Å². The Morgan fingerprint density at radius 1 is 1.27 bits per heavy atom. The third-order valence-electron chi connectivity index (χ3n) is 1.66. The lowest BCUT2D eigenvalue weighted by Crippen LogP contribution is -1.93. The quantitative estimate of drug-likeness (QED) is 0.608. The number of hydrogen-bond acceptors (Lipinski definition) is 2. The first-order valence-corrected chi connectivity index (χ1v) is 3.77. The number of hydrogen-bond donors (Lipinski definition) is 1. The summed E-state index contributed by atoms with van der Waals surface area (Å²) in [5.74, 6) is 0.946. The molecule has 0 unspecified atom stereocenters. The maximum Gasteiger partial charge on any atom is 0.142 e. The Balaban J connectivity index is 2.33. The standard InChI is InChI=1S/C9H10NO/c1-2-5-9-8(4-1)10-6-3-7-11-9/h1-2,4-6,10H,3,7H2. The van der Waals surface area contributed by atoms with Crippen molar-refractivity contribution < 1.29 is 4.74 Å². The Morgan fingerprint density at radius 3 is 3.18 bits per heavy atom. The van der Waals surface area contributed by atoms with Crippen molar-refractivity contribution in [3.8, 4) is 5.75 Å². The minimum absolute atomic E-state index is 0.768. The van der Waals surface area contributed by atoms with E-state index in [1.54, 1.807) is 0 Å². The Labute approximate surface area is 66.2 Å². The molecule has 2 nitrogen and oxygen atoms in total. The fraction of sp³-hybridized carbons (Fsp3) is 0.222. The lowest BCUT2D eigenvalue weighted by Gasteiger charge is -2.05. The fourth-order valence-corrected chi connectivity index (χ4v) is 1.12. The van der Waals surface area contributed by atoms with Crippen LogP contribution in [-0.2, 0) is 0 Å². The predicted octanol–water partition coefficient (Wildman–Crippen LogP) is 2.04. The molecule has 1 radical (unpaired) electrons. The van der Waals surface area contributed by atoms with Crippen LogP contribution in [0.1, 0.15) is 6.42 Å². The molecule has 0 bridgehead atoms. The van der Waals surface area contributed by atoms with Gasteiger partial charge in [0.2, 0.25) is 0 Å². The highest BCUT2D eigenvalue weighted by atomic mass is 16.5. The molecule has 1 aliphatic heterocycles. The average molecular weight is 148 g/mol. The summed E-state index contributed by atoms with van der Waals surface area (Å²) in [5, 5.41) is 3.18. The highest BCUT2D eigenvalue weighted by Gasteiger charge is 2.05. The Bertz CT molecular complexity index is 222. The van der Waals surface area contributed by atoms with E-state index in [0.717, 1.165) is 24.5 Å². The van der Waals surface area contributed by atoms with Crippen LogP contribution < -0.4 is 10.1 Å². The largest absolute Gasteiger partial charge is 0.491 e. The van der Waals surface area contributed by atoms with Crippen molar-refractivity contribution in [3.63, 3.8) is 0 Å². The zero-order valence-corrected chi connectivity index (χ0v) is 6.21. The topological polar surface area (TPSA) is 21.3 Å². The second kappa shape index (κ2) is 2.82. The van der Waals surface area contributed by atoms with Crippen LogP contribution >= 0.6 is 0 Å². The lowest BCUT2D eigenvalue weighted by atomic mass is 10.3. The Kier molecular flexibility index (Phi) is 1.68. The molecule has 1 heterocycles. The van der Waals surface area contributed by atoms with Crippen molar-refractivity contribution in [2.75, 3.05) is 11.9 Å². The first kappa shape index (κ1) is 6.53. The molecule has 0 atom stereocenters. The number of ether oxygens (including phenoxy) is 1. The minimum atomic E-state index is 0.768. The van der Waals surface area contributed by atoms with Gasteiger partial charge in [0.25, 0.3) is 0 Å². The van der Waals surface area contributed by atoms with Crippen molar-refractivity contribution in [1.82, 2.24) is 0 Å². The first-order chi connectivity index (χ1) is 5.47. The molecule has 0 saturated heterocycles. The predicted molar refractivity (Wildman–Crippen MR) is 44.5 cm³/mol. The zero-order valence-electron chi connectivity index (χ0n) is 6.21. The Morgan fingerprint density at radius 2 is 2.18 bits per heavy atom. The summed E-state index contributed by atoms with van der Waals surface area (Å²) in [6.45, 7) is 2.79. The molecule has 0 saturated carbocycles. The number of para-hydroxylation sites is 2. The van der Waals surface area contributed by atoms with E-state index in [9.17, 15) is 0 Å². The lowest BCUT2D eigenvalue weighted by molar-refractivity contribution is 0.327. The van der Waals surface area contributed by atoms with Crippen molar-refractivity contribution in [2.24, 2.45) is 0 Å². The number of rotatable bonds is 0. The monoisotopic (exact) mass is 148 g/mol. The first-order valence-electron chi connectivity index (χ1n) is 3.77. The van der Waals surface area contributed by atoms with Gasteiger partial charge in [-0.05, 0) is 12.1 Å². The molecular weight excluding hydrogens is 138 g/mol. The van der Waals surface area contributed by atoms with Gasteiger partial charge >= 0.3 is 0 Å². The fourth-order valence-electron chi connectivity index (χ4n) is 1.12. The zero-order chi connectivity index (χ0) is 7.52. The summed E-state index contributed by atoms with van der Waals surface area (Å²) in [6.07, 6.45) is 0.953. The molecule has 1 aliphatic rings. The molecular formula is C9H10NO. The van der Waals surface area contributed by atoms with Crippen molar-refractivity contribution >= 4 is 5.69 Å². The molecule has 0 fully saturated rings. The minimum Gasteiger partial charge on any atom is -0.491 e. The van der Waals surface area contributed by atoms with E-state index >= 15 is 0 Å². The molecule has 2 rings (SSSR count). The van der Waals surface area contributed by atoms with E-state index in [-0.39, 0.29) is 0 Å². The van der Waals surface area contributed by atoms with Gasteiger partial charge < -0.3 is 10.1 Å². The Hall–Kier alpha value is -1.18. The molecule has 1 aromatic carbocycles. The van der Waals surface area contributed by atoms with Crippen LogP contribution in [0.3, 0.4) is 0 Å². The third-order valence-corrected chi connectivity index (χ3v) is 1.66. The summed E-state index contributed by atoms with van der Waals surface area (Å²) >= 11 is 0. The molecule has 0 amide bonds. The smallest absolute Gasteiger partial charge is 0.142 e. The van der Waals surface area contributed by atoms with Crippen LogP contribution in [-0.4, -0.2) is 6.61 Å². The summed E-state index contributed by atoms with van der Waals surface area (Å²) in [5.41, 5.74) is 1.06. The second-order valence-electron chi connectivity index (χ2n) is 2.48. The summed E-state index contributed by atoms with van der Waals surface area (Å²) in [6, 6.07) is 7.96. The van der Waals surface area contributed by atoms with E-state index in [4.69, 9.17) is 4.74 Å². The summed E-state index contributed by atoms with van der Waals surface area (Å²) in [4.78, 5) is 0. The number of fused-ring (bicyclic) bond motifs is 1. The van der Waals surface area contributed by atoms with Crippen LogP contribution in [0.4, 0.5) is 5.69 Å². The van der Waals surface area contributed by atoms with Gasteiger partial charge in [0.05, 0.1) is 12.3 Å². The van der Waals surface area contributed by atoms with Gasteiger partial charge in [-0.2, -0.15) is 0 Å². The van der Waals surface area contributed by atoms with Crippen LogP contribution in [0.25, 0.3) is 0 Å². The highest BCUT2D eigenvalue weighted by Crippen LogP contribution is 2.26. The van der Waals surface area contributed by atoms with E-state index in [1.165, 1.54) is 0 Å². The van der Waals surface area contributed by atoms with Crippen molar-refractivity contribution in [2.45, 2.75) is 6.42 Å². The van der Waals surface area contributed by atoms with Crippen molar-refractivity contribution in [3.05, 3.63) is 30.8 Å². The maximum atomic E-state index is 5.45. The van der Waals surface area contributed by atoms with Gasteiger partial charge in [-0.1, -0.05) is 12.1 Å². The third kappa shape index (κ3) is 1.29. The molecule has 0 spiro atoms. The van der Waals surface area contributed by atoms with Gasteiger partial charge in [0.15, 0.2) is 0 Å². The van der Waals surface area contributed by atoms with Gasteiger partial charge in [-0.3, -0.25) is 0 Å². The molecule has 2 heteroatoms. The van der Waals surface area contributed by atoms with Crippen LogP contribution in [0.2, 0.25) is 0 Å². The summed E-state index contributed by atoms with van der Waals surface area (Å²) in [7, 11) is 0. The number of anilines is 1. The van der Waals surface area contributed by atoms with Gasteiger partial charge in [0, 0.05) is 13.0 Å². The highest BCUT2D eigenvalue weighted by molar-refractivity contribution is 5.57. The van der Waals surface area contributed by atoms with E-state index in [0.29, 0.717) is 0 Å². The number of nitrogens with one attached hydrogen (secondary N) is 1. The van der Waals surface area contributed by atoms with Crippen LogP contribution in [0, 0.1) is 6.54 Å². The maximum absolute atomic E-state index is 5.45. The normalized spacial score (nSPS) is 15.6. The van der Waals surface area contributed by atoms with Crippen LogP contribution in [0.5, 0.6) is 5.75 Å². The molecule has 1 N–H and O–H groups in total. The van der Waals surface area contributed by atoms with Gasteiger partial charge in [0.1, 0.15) is 5.75 Å². The summed E-state index contributed by atoms with van der Waals surface area (Å²) < 4.78 is 5.45. The SMILES string of the molecule is [CH]1CCOc2ccccc2N1. The average Bonchev–Trinajstić information content (AvgIpc) is 2.28. The molecule has 0 aromatic heterocycles. The second-order valence-corrected chi connectivity index (χ2v) is 2.48. The van der Waals surface area contributed by atoms with E-state index in [2.05, 4.69) is 5.32 Å². The molecule has 11 heavy (non-hydrogen) atoms. The van der Waals surface area contributed by atoms with E-state index < -0.39 is 0 Å². The molecule has 57 valence electrons. The molecule has 1 aromatic rings. The van der Waals surface area contributed by atoms with Gasteiger partial charge in [-0.25, -0.2) is 0 Å². The van der Waals surface area contributed by atoms with E-state index in [1.807, 2.05) is 30.8 Å². The number of benzene rings is 1.